The van der Waals surface area contributed by atoms with Crippen molar-refractivity contribution in [2.45, 2.75) is 75.0 Å². The van der Waals surface area contributed by atoms with Crippen LogP contribution in [0.25, 0.3) is 38.8 Å². The molecule has 0 unspecified atom stereocenters. The summed E-state index contributed by atoms with van der Waals surface area (Å²) < 4.78 is 49.3. The Bertz CT molecular complexity index is 4010. The van der Waals surface area contributed by atoms with Crippen LogP contribution in [-0.4, -0.2) is 120 Å². The summed E-state index contributed by atoms with van der Waals surface area (Å²) >= 11 is 22.9. The predicted octanol–water partition coefficient (Wildman–Crippen LogP) is 9.36. The molecule has 0 aliphatic rings. The van der Waals surface area contributed by atoms with Gasteiger partial charge in [0.25, 0.3) is 0 Å². The van der Waals surface area contributed by atoms with Gasteiger partial charge in [0.15, 0.2) is 0 Å². The van der Waals surface area contributed by atoms with Crippen LogP contribution in [0, 0.1) is 18.3 Å². The number of carbonyl (C=O) groups is 3. The number of carboxylic acid groups (broad SMARTS) is 3. The first-order valence-electron chi connectivity index (χ1n) is 28.8. The first-order valence-corrected chi connectivity index (χ1v) is 30.3. The smallest absolute Gasteiger partial charge is 1.00 e. The molecule has 9 rings (SSSR count). The van der Waals surface area contributed by atoms with Crippen molar-refractivity contribution in [2.75, 3.05) is 40.3 Å². The molecule has 0 atom stereocenters. The van der Waals surface area contributed by atoms with Gasteiger partial charge in [0.2, 0.25) is 0 Å². The van der Waals surface area contributed by atoms with Crippen LogP contribution >= 0.6 is 46.4 Å². The summed E-state index contributed by atoms with van der Waals surface area (Å²) in [5.74, 6) is 0.945. The van der Waals surface area contributed by atoms with E-state index in [9.17, 15) is 37.5 Å². The maximum Gasteiger partial charge on any atom is 1.00 e. The Balaban J connectivity index is -0.000000529. The number of pyridine rings is 3. The number of aromatic carboxylic acids is 3. The minimum absolute atomic E-state index is 0. The number of nitriles is 1. The monoisotopic (exact) mass is 1510 g/mol. The third kappa shape index (κ3) is 35.1. The second-order valence-electron chi connectivity index (χ2n) is 20.5. The molecule has 0 saturated carbocycles. The van der Waals surface area contributed by atoms with Gasteiger partial charge in [-0.3, -0.25) is 33.9 Å². The number of aromatic nitrogens is 3. The molecule has 0 bridgehead atoms. The summed E-state index contributed by atoms with van der Waals surface area (Å²) in [6.07, 6.45) is 6.23. The van der Waals surface area contributed by atoms with Crippen molar-refractivity contribution in [3.63, 3.8) is 0 Å². The molecule has 3 heterocycles. The third-order valence-electron chi connectivity index (χ3n) is 12.6. The number of carboxylic acids is 3. The van der Waals surface area contributed by atoms with Crippen LogP contribution in [0.5, 0.6) is 17.2 Å². The molecule has 0 saturated heterocycles. The zero-order valence-electron chi connectivity index (χ0n) is 56.3. The second-order valence-corrected chi connectivity index (χ2v) is 22.3. The fourth-order valence-electron chi connectivity index (χ4n) is 7.63. The van der Waals surface area contributed by atoms with E-state index in [1.807, 2.05) is 38.0 Å². The van der Waals surface area contributed by atoms with E-state index in [1.54, 1.807) is 94.3 Å². The number of hydrogen-bond acceptors (Lipinski definition) is 15. The van der Waals surface area contributed by atoms with Gasteiger partial charge in [0.1, 0.15) is 23.8 Å². The number of quaternary nitrogens is 1. The molecule has 3 aromatic heterocycles. The number of benzene rings is 6. The summed E-state index contributed by atoms with van der Waals surface area (Å²) in [5, 5.41) is 67.1. The van der Waals surface area contributed by atoms with E-state index in [1.165, 1.54) is 49.6 Å². The Morgan fingerprint density at radius 1 is 0.620 bits per heavy atom. The average molecular weight is 1510 g/mol. The summed E-state index contributed by atoms with van der Waals surface area (Å²) in [6.45, 7) is 21.6. The van der Waals surface area contributed by atoms with E-state index >= 15 is 0 Å². The van der Waals surface area contributed by atoms with Crippen molar-refractivity contribution in [2.24, 2.45) is 0 Å². The van der Waals surface area contributed by atoms with Crippen LogP contribution in [0.15, 0.2) is 147 Å². The van der Waals surface area contributed by atoms with Crippen molar-refractivity contribution < 1.29 is 146 Å². The summed E-state index contributed by atoms with van der Waals surface area (Å²) in [4.78, 5) is 44.1. The van der Waals surface area contributed by atoms with Crippen LogP contribution in [0.3, 0.4) is 0 Å². The number of ether oxygens (including phenoxy) is 4. The van der Waals surface area contributed by atoms with E-state index in [0.717, 1.165) is 51.5 Å². The van der Waals surface area contributed by atoms with Crippen LogP contribution in [0.4, 0.5) is 18.6 Å². The molecule has 531 valence electrons. The van der Waals surface area contributed by atoms with Crippen molar-refractivity contribution in [3.8, 4) is 23.3 Å². The number of nitrogens with zero attached hydrogens (tertiary/aromatic N) is 4. The predicted molar refractivity (Wildman–Crippen MR) is 391 cm³/mol. The summed E-state index contributed by atoms with van der Waals surface area (Å²) in [6, 6.07) is 31.7. The number of aryl methyl sites for hydroxylation is 1. The summed E-state index contributed by atoms with van der Waals surface area (Å²) in [7, 11) is 1.02. The number of rotatable bonds is 14. The number of hydrogen-bond donors (Lipinski definition) is 8. The van der Waals surface area contributed by atoms with Crippen molar-refractivity contribution in [3.05, 3.63) is 223 Å². The van der Waals surface area contributed by atoms with E-state index in [-0.39, 0.29) is 122 Å². The molecule has 100 heavy (non-hydrogen) atoms. The largest absolute Gasteiger partial charge is 1.00 e. The van der Waals surface area contributed by atoms with E-state index < -0.39 is 25.5 Å². The standard InChI is InChI=1S/C12H14N2O2.C12H10N2O2.C11H10ClNO2.C9H7ClO2.C8H7ClO2.C7H6ClNO2.C5H12B.C4H10O.CH4.BF3.B.ClH.K/c2*1-16-12-5-11-10(4-9(12)7-15)8(6-13)2-3-14-11;1-15-11-5-10-8(4-7(11)6-14)9(12)2-3-13-10;1-2-6-5-7(10)3-4-8(6)9(11)12;1-5-4-6(9)2-3-7(5)8(10)11;8-4-1-2-5(7(10)11)6(9)3-4;1-5-6(2,3)4;1-3-5-4-2;;2-1(3)4;;;/h2-5,15H,6-7,13H2,1H3;2-5,15H,7H2,1H3;2-5,14H,6H2,1H3;2-5H,1H2,(H,11,12);2-4H,1H3,(H,10,11);1-3H,9H2,(H,10,11);5H,1H2,2-4H3;3-4H2,1-2H3;1H4;;;1H;/q;;;;;;-1;;;;;;+1. The fourth-order valence-corrected chi connectivity index (χ4v) is 8.43. The first-order chi connectivity index (χ1) is 45.4. The molecule has 0 aliphatic carbocycles. The molecule has 0 amide bonds. The number of anilines is 1. The third-order valence-corrected chi connectivity index (χ3v) is 13.6. The summed E-state index contributed by atoms with van der Waals surface area (Å²) in [5.41, 5.74) is 17.4. The molecule has 0 fully saturated rings. The number of fused-ring (bicyclic) bond motifs is 3. The Morgan fingerprint density at radius 2 is 0.990 bits per heavy atom. The topological polar surface area (TPSA) is 326 Å². The zero-order valence-corrected chi connectivity index (χ0v) is 63.2. The number of halogens is 8. The molecule has 3 radical (unpaired) electrons. The molecule has 11 N–H and O–H groups in total. The quantitative estimate of drug-likeness (QED) is 0.0371. The Labute approximate surface area is 652 Å². The number of nitrogen functional groups attached to an aromatic ring is 1. The van der Waals surface area contributed by atoms with Gasteiger partial charge in [-0.15, -0.1) is 6.58 Å². The molecule has 19 nitrogen and oxygen atoms in total. The number of methoxy groups -OCH3 is 3. The van der Waals surface area contributed by atoms with Crippen LogP contribution in [0.2, 0.25) is 40.6 Å². The zero-order chi connectivity index (χ0) is 72.8. The maximum atomic E-state index is 10.6. The Hall–Kier alpha value is -7.00. The van der Waals surface area contributed by atoms with Gasteiger partial charge in [-0.2, -0.15) is 25.7 Å². The normalized spacial score (nSPS) is 9.51. The van der Waals surface area contributed by atoms with Gasteiger partial charge in [0.05, 0.1) is 91.0 Å². The minimum atomic E-state index is -3.67. The van der Waals surface area contributed by atoms with Crippen LogP contribution in [0.1, 0.15) is 91.3 Å². The van der Waals surface area contributed by atoms with E-state index in [0.29, 0.717) is 82.8 Å². The van der Waals surface area contributed by atoms with E-state index in [4.69, 9.17) is 96.8 Å². The van der Waals surface area contributed by atoms with E-state index in [2.05, 4.69) is 60.4 Å². The molecular weight excluding hydrogens is 1430 g/mol. The van der Waals surface area contributed by atoms with Gasteiger partial charge >= 0.3 is 76.8 Å². The minimum Gasteiger partial charge on any atom is -1.00 e. The van der Waals surface area contributed by atoms with Gasteiger partial charge in [-0.1, -0.05) is 66.5 Å². The first kappa shape index (κ1) is 99.4. The van der Waals surface area contributed by atoms with Gasteiger partial charge in [-0.25, -0.2) is 14.4 Å². The Kier molecular flexibility index (Phi) is 52.6. The number of nitrogens with two attached hydrogens (primary N) is 1. The second kappa shape index (κ2) is 52.9. The number of aliphatic hydroxyl groups excluding tert-OH is 3. The van der Waals surface area contributed by atoms with Gasteiger partial charge in [0, 0.05) is 124 Å². The average Bonchev–Trinajstić information content (AvgIpc) is 0.814. The van der Waals surface area contributed by atoms with Crippen LogP contribution in [-0.2, 0) is 31.1 Å². The molecule has 0 aliphatic heterocycles. The molecule has 6 aromatic carbocycles. The SMILES string of the molecule is C.C=C[B-](C)(C)C.C=Cc1cc(Cl)ccc1C(=O)O.CCOCC.COc1cc2nccc(C#N)c2cc1CO.COc1cc2nccc(C[NH3+])c2cc1CO.COc1cc2nccc(Cl)c2cc1CO.Cc1cc(Cl)ccc1C(=O)O.FB(F)F.Nc1cc(Cl)ccc1C(=O)O.[B].[Cl-].[K+]. The van der Waals surface area contributed by atoms with Gasteiger partial charge in [-0.05, 0) is 123 Å². The molecule has 0 spiro atoms. The number of aliphatic hydroxyl groups is 3. The molecule has 9 aromatic rings. The van der Waals surface area contributed by atoms with Gasteiger partial charge < -0.3 is 73.5 Å². The molecular formula is C69H81B3Cl5F3KN6O13. The molecule has 31 heteroatoms. The van der Waals surface area contributed by atoms with Crippen LogP contribution < -0.4 is 89.5 Å². The maximum absolute atomic E-state index is 10.6. The van der Waals surface area contributed by atoms with Crippen molar-refractivity contribution in [1.82, 2.24) is 15.0 Å². The Morgan fingerprint density at radius 3 is 1.35 bits per heavy atom. The fraction of sp³-hybridized carbons (Fsp3) is 0.232. The van der Waals surface area contributed by atoms with Crippen molar-refractivity contribution >= 4 is 131 Å². The van der Waals surface area contributed by atoms with Crippen molar-refractivity contribution in [1.29, 1.82) is 5.26 Å².